The zero-order chi connectivity index (χ0) is 14.0. The second-order valence-corrected chi connectivity index (χ2v) is 5.69. The van der Waals surface area contributed by atoms with Gasteiger partial charge in [-0.25, -0.2) is 9.37 Å². The second-order valence-electron chi connectivity index (χ2n) is 4.83. The minimum atomic E-state index is -0.334. The third-order valence-corrected chi connectivity index (χ3v) is 3.67. The molecule has 2 rings (SSSR count). The lowest BCUT2D eigenvalue weighted by Crippen LogP contribution is -2.29. The molecule has 0 amide bonds. The molecule has 1 aromatic carbocycles. The Labute approximate surface area is 120 Å². The van der Waals surface area contributed by atoms with Crippen molar-refractivity contribution in [1.29, 1.82) is 0 Å². The molecule has 0 aliphatic heterocycles. The molecule has 19 heavy (non-hydrogen) atoms. The second kappa shape index (κ2) is 5.84. The first-order valence-electron chi connectivity index (χ1n) is 6.14. The molecule has 1 heterocycles. The number of pyridine rings is 1. The molecule has 5 heteroatoms. The maximum absolute atomic E-state index is 13.5. The van der Waals surface area contributed by atoms with Crippen LogP contribution in [-0.2, 0) is 0 Å². The van der Waals surface area contributed by atoms with Crippen LogP contribution in [0.3, 0.4) is 0 Å². The third kappa shape index (κ3) is 3.22. The molecular formula is C14H16BrFN2O. The molecule has 0 aliphatic rings. The number of nitrogens with zero attached hydrogens (tertiary/aromatic N) is 1. The molecule has 0 bridgehead atoms. The van der Waals surface area contributed by atoms with Crippen LogP contribution >= 0.6 is 15.9 Å². The molecule has 0 aliphatic carbocycles. The van der Waals surface area contributed by atoms with Gasteiger partial charge in [-0.2, -0.15) is 0 Å². The van der Waals surface area contributed by atoms with Gasteiger partial charge < -0.3 is 10.4 Å². The predicted octanol–water partition coefficient (Wildman–Crippen LogP) is 3.57. The average molecular weight is 327 g/mol. The highest BCUT2D eigenvalue weighted by Crippen LogP contribution is 2.23. The van der Waals surface area contributed by atoms with Crippen molar-refractivity contribution in [3.63, 3.8) is 0 Å². The number of rotatable bonds is 4. The standard InChI is InChI=1S/C14H16BrFN2O/c1-8(2)13(7-19)18-14-4-3-9-5-10(15)11(16)6-12(9)17-14/h3-6,8,13,19H,7H2,1-2H3,(H,17,18)/t13-/m1/s1. The molecule has 2 N–H and O–H groups in total. The Balaban J connectivity index is 2.33. The predicted molar refractivity (Wildman–Crippen MR) is 78.7 cm³/mol. The molecule has 2 aromatic rings. The maximum atomic E-state index is 13.5. The number of fused-ring (bicyclic) bond motifs is 1. The lowest BCUT2D eigenvalue weighted by Gasteiger charge is -2.20. The molecular weight excluding hydrogens is 311 g/mol. The molecule has 0 radical (unpaired) electrons. The fourth-order valence-corrected chi connectivity index (χ4v) is 2.17. The topological polar surface area (TPSA) is 45.1 Å². The lowest BCUT2D eigenvalue weighted by molar-refractivity contribution is 0.249. The first-order valence-corrected chi connectivity index (χ1v) is 6.93. The molecule has 0 spiro atoms. The molecule has 0 unspecified atom stereocenters. The van der Waals surface area contributed by atoms with Crippen molar-refractivity contribution in [2.75, 3.05) is 11.9 Å². The van der Waals surface area contributed by atoms with Crippen molar-refractivity contribution in [2.45, 2.75) is 19.9 Å². The Morgan fingerprint density at radius 1 is 1.37 bits per heavy atom. The highest BCUT2D eigenvalue weighted by Gasteiger charge is 2.12. The van der Waals surface area contributed by atoms with Crippen molar-refractivity contribution in [1.82, 2.24) is 4.98 Å². The molecule has 0 saturated heterocycles. The van der Waals surface area contributed by atoms with Crippen molar-refractivity contribution in [2.24, 2.45) is 5.92 Å². The molecule has 0 fully saturated rings. The number of hydrogen-bond acceptors (Lipinski definition) is 3. The molecule has 102 valence electrons. The zero-order valence-electron chi connectivity index (χ0n) is 10.8. The monoisotopic (exact) mass is 326 g/mol. The number of aromatic nitrogens is 1. The number of halogens is 2. The fourth-order valence-electron chi connectivity index (χ4n) is 1.81. The van der Waals surface area contributed by atoms with Gasteiger partial charge in [0.2, 0.25) is 0 Å². The van der Waals surface area contributed by atoms with Gasteiger partial charge in [0.1, 0.15) is 11.6 Å². The highest BCUT2D eigenvalue weighted by atomic mass is 79.9. The highest BCUT2D eigenvalue weighted by molar-refractivity contribution is 9.10. The normalized spacial score (nSPS) is 12.9. The van der Waals surface area contributed by atoms with Crippen molar-refractivity contribution < 1.29 is 9.50 Å². The summed E-state index contributed by atoms with van der Waals surface area (Å²) in [6.45, 7) is 4.07. The number of nitrogens with one attached hydrogen (secondary N) is 1. The number of aliphatic hydroxyl groups is 1. The first-order chi connectivity index (χ1) is 9.01. The summed E-state index contributed by atoms with van der Waals surface area (Å²) in [6.07, 6.45) is 0. The number of anilines is 1. The summed E-state index contributed by atoms with van der Waals surface area (Å²) >= 11 is 3.15. The van der Waals surface area contributed by atoms with E-state index in [1.165, 1.54) is 6.07 Å². The summed E-state index contributed by atoms with van der Waals surface area (Å²) in [7, 11) is 0. The third-order valence-electron chi connectivity index (χ3n) is 3.07. The van der Waals surface area contributed by atoms with E-state index in [1.807, 2.05) is 26.0 Å². The zero-order valence-corrected chi connectivity index (χ0v) is 12.4. The van der Waals surface area contributed by atoms with E-state index in [2.05, 4.69) is 26.2 Å². The minimum absolute atomic E-state index is 0.0338. The molecule has 3 nitrogen and oxygen atoms in total. The lowest BCUT2D eigenvalue weighted by atomic mass is 10.1. The largest absolute Gasteiger partial charge is 0.394 e. The van der Waals surface area contributed by atoms with Gasteiger partial charge in [-0.05, 0) is 40.0 Å². The van der Waals surface area contributed by atoms with Crippen LogP contribution in [0.15, 0.2) is 28.7 Å². The van der Waals surface area contributed by atoms with E-state index >= 15 is 0 Å². The number of hydrogen-bond donors (Lipinski definition) is 2. The van der Waals surface area contributed by atoms with E-state index in [0.29, 0.717) is 15.8 Å². The molecule has 1 atom stereocenters. The van der Waals surface area contributed by atoms with E-state index in [1.54, 1.807) is 6.07 Å². The summed E-state index contributed by atoms with van der Waals surface area (Å²) in [4.78, 5) is 4.36. The van der Waals surface area contributed by atoms with Crippen LogP contribution in [0.1, 0.15) is 13.8 Å². The van der Waals surface area contributed by atoms with Crippen LogP contribution in [0.5, 0.6) is 0 Å². The number of benzene rings is 1. The molecule has 0 saturated carbocycles. The summed E-state index contributed by atoms with van der Waals surface area (Å²) < 4.78 is 13.9. The van der Waals surface area contributed by atoms with Gasteiger partial charge >= 0.3 is 0 Å². The summed E-state index contributed by atoms with van der Waals surface area (Å²) in [5.41, 5.74) is 0.589. The van der Waals surface area contributed by atoms with Gasteiger partial charge in [-0.1, -0.05) is 13.8 Å². The molecule has 1 aromatic heterocycles. The van der Waals surface area contributed by atoms with E-state index in [0.717, 1.165) is 5.39 Å². The summed E-state index contributed by atoms with van der Waals surface area (Å²) in [6, 6.07) is 6.74. The van der Waals surface area contributed by atoms with Gasteiger partial charge in [-0.15, -0.1) is 0 Å². The Kier molecular flexibility index (Phi) is 4.37. The van der Waals surface area contributed by atoms with Gasteiger partial charge in [0.25, 0.3) is 0 Å². The van der Waals surface area contributed by atoms with Crippen LogP contribution in [0.4, 0.5) is 10.2 Å². The van der Waals surface area contributed by atoms with Crippen LogP contribution < -0.4 is 5.32 Å². The summed E-state index contributed by atoms with van der Waals surface area (Å²) in [5.74, 6) is 0.589. The van der Waals surface area contributed by atoms with Gasteiger partial charge in [-0.3, -0.25) is 0 Å². The Morgan fingerprint density at radius 2 is 2.11 bits per heavy atom. The number of aliphatic hydroxyl groups excluding tert-OH is 1. The van der Waals surface area contributed by atoms with Crippen molar-refractivity contribution in [3.05, 3.63) is 34.6 Å². The van der Waals surface area contributed by atoms with Crippen molar-refractivity contribution >= 4 is 32.7 Å². The maximum Gasteiger partial charge on any atom is 0.139 e. The van der Waals surface area contributed by atoms with Gasteiger partial charge in [0.15, 0.2) is 0 Å². The van der Waals surface area contributed by atoms with E-state index in [-0.39, 0.29) is 24.4 Å². The van der Waals surface area contributed by atoms with Crippen LogP contribution in [0.2, 0.25) is 0 Å². The van der Waals surface area contributed by atoms with Crippen molar-refractivity contribution in [3.8, 4) is 0 Å². The quantitative estimate of drug-likeness (QED) is 0.902. The Bertz CT molecular complexity index is 589. The smallest absolute Gasteiger partial charge is 0.139 e. The summed E-state index contributed by atoms with van der Waals surface area (Å²) in [5, 5.41) is 13.3. The van der Waals surface area contributed by atoms with Gasteiger partial charge in [0, 0.05) is 11.5 Å². The Morgan fingerprint density at radius 3 is 2.74 bits per heavy atom. The van der Waals surface area contributed by atoms with Crippen LogP contribution in [0, 0.1) is 11.7 Å². The van der Waals surface area contributed by atoms with Crippen LogP contribution in [0.25, 0.3) is 10.9 Å². The van der Waals surface area contributed by atoms with Crippen LogP contribution in [-0.4, -0.2) is 22.7 Å². The SMILES string of the molecule is CC(C)[C@@H](CO)Nc1ccc2cc(Br)c(F)cc2n1. The fraction of sp³-hybridized carbons (Fsp3) is 0.357. The van der Waals surface area contributed by atoms with Gasteiger partial charge in [0.05, 0.1) is 22.6 Å². The average Bonchev–Trinajstić information content (AvgIpc) is 2.37. The van der Waals surface area contributed by atoms with E-state index < -0.39 is 0 Å². The first kappa shape index (κ1) is 14.2. The minimum Gasteiger partial charge on any atom is -0.394 e. The van der Waals surface area contributed by atoms with E-state index in [9.17, 15) is 9.50 Å². The Hall–Kier alpha value is -1.20. The van der Waals surface area contributed by atoms with E-state index in [4.69, 9.17) is 0 Å².